The molecule has 0 aromatic heterocycles. The van der Waals surface area contributed by atoms with Crippen molar-refractivity contribution < 1.29 is 62.2 Å². The third-order valence-electron chi connectivity index (χ3n) is 14.5. The number of unbranched alkanes of at least 4 members (excludes halogenated alkanes) is 24. The normalized spacial score (nSPS) is 13.1. The predicted octanol–water partition coefficient (Wildman–Crippen LogP) is 16.0. The van der Waals surface area contributed by atoms with E-state index in [1.54, 1.807) is 0 Å². The molecule has 13 heteroatoms. The molecular weight excluding hydrogens is 965 g/mol. The summed E-state index contributed by atoms with van der Waals surface area (Å²) in [6.45, 7) is 13.4. The fourth-order valence-electron chi connectivity index (χ4n) is 9.15. The minimum absolute atomic E-state index is 0.0219. The zero-order valence-corrected chi connectivity index (χ0v) is 50.0. The highest BCUT2D eigenvalue weighted by Gasteiger charge is 2.36. The molecule has 13 nitrogen and oxygen atoms in total. The van der Waals surface area contributed by atoms with E-state index < -0.39 is 36.2 Å². The van der Waals surface area contributed by atoms with E-state index in [0.29, 0.717) is 58.5 Å². The predicted molar refractivity (Wildman–Crippen MR) is 306 cm³/mol. The summed E-state index contributed by atoms with van der Waals surface area (Å²) in [6, 6.07) is 0. The first kappa shape index (κ1) is 73.2. The quantitative estimate of drug-likeness (QED) is 0.0264. The van der Waals surface area contributed by atoms with Gasteiger partial charge in [0.05, 0.1) is 43.5 Å². The molecule has 2 unspecified atom stereocenters. The average Bonchev–Trinajstić information content (AvgIpc) is 3.42. The van der Waals surface area contributed by atoms with Gasteiger partial charge in [0.25, 0.3) is 0 Å². The Morgan fingerprint density at radius 3 is 1.00 bits per heavy atom. The molecule has 0 aromatic carbocycles. The highest BCUT2D eigenvalue weighted by Crippen LogP contribution is 2.24. The maximum absolute atomic E-state index is 13.3. The fourth-order valence-corrected chi connectivity index (χ4v) is 9.15. The van der Waals surface area contributed by atoms with Gasteiger partial charge in [0.2, 0.25) is 0 Å². The van der Waals surface area contributed by atoms with Crippen LogP contribution in [0.5, 0.6) is 0 Å². The molecule has 0 saturated carbocycles. The summed E-state index contributed by atoms with van der Waals surface area (Å²) < 4.78 is 40.7. The second kappa shape index (κ2) is 54.2. The van der Waals surface area contributed by atoms with Gasteiger partial charge in [-0.15, -0.1) is 0 Å². The highest BCUT2D eigenvalue weighted by atomic mass is 16.7. The minimum atomic E-state index is -1.37. The molecule has 0 rings (SSSR count). The number of rotatable bonds is 58. The van der Waals surface area contributed by atoms with Crippen LogP contribution in [0, 0.1) is 17.3 Å². The number of hydrogen-bond acceptors (Lipinski definition) is 13. The molecule has 76 heavy (non-hydrogen) atoms. The minimum Gasteiger partial charge on any atom is -0.465 e. The van der Waals surface area contributed by atoms with Crippen molar-refractivity contribution in [3.63, 3.8) is 0 Å². The SMILES string of the molecule is CCCCCCCCOC(CCC(=O)OCC(CO)(COC(=O)CCCCCCOC(=O)C(CCCC)CCCCCC)COC(=O)CCCCCCOC(=O)C(CCCC)CCCCCC)OCCCCCCCC. The van der Waals surface area contributed by atoms with Crippen LogP contribution in [0.25, 0.3) is 0 Å². The molecule has 0 aliphatic rings. The Kier molecular flexibility index (Phi) is 52.2. The van der Waals surface area contributed by atoms with Crippen LogP contribution in [0.2, 0.25) is 0 Å². The van der Waals surface area contributed by atoms with Crippen molar-refractivity contribution in [1.82, 2.24) is 0 Å². The lowest BCUT2D eigenvalue weighted by molar-refractivity contribution is -0.169. The van der Waals surface area contributed by atoms with Gasteiger partial charge in [-0.05, 0) is 64.2 Å². The Labute approximate surface area is 465 Å². The van der Waals surface area contributed by atoms with E-state index >= 15 is 0 Å². The Morgan fingerprint density at radius 2 is 0.632 bits per heavy atom. The Balaban J connectivity index is 5.39. The van der Waals surface area contributed by atoms with Crippen molar-refractivity contribution in [3.05, 3.63) is 0 Å². The Hall–Kier alpha value is -2.77. The zero-order valence-electron chi connectivity index (χ0n) is 50.0. The van der Waals surface area contributed by atoms with Gasteiger partial charge < -0.3 is 38.3 Å². The first-order chi connectivity index (χ1) is 37.0. The van der Waals surface area contributed by atoms with E-state index in [4.69, 9.17) is 33.2 Å². The lowest BCUT2D eigenvalue weighted by Crippen LogP contribution is -2.42. The smallest absolute Gasteiger partial charge is 0.308 e. The lowest BCUT2D eigenvalue weighted by Gasteiger charge is -2.30. The first-order valence-corrected chi connectivity index (χ1v) is 31.7. The third kappa shape index (κ3) is 44.1. The number of esters is 5. The Morgan fingerprint density at radius 1 is 0.329 bits per heavy atom. The second-order valence-electron chi connectivity index (χ2n) is 21.9. The van der Waals surface area contributed by atoms with Crippen molar-refractivity contribution in [1.29, 1.82) is 0 Å². The van der Waals surface area contributed by atoms with Crippen LogP contribution >= 0.6 is 0 Å². The maximum atomic E-state index is 13.3. The van der Waals surface area contributed by atoms with E-state index in [1.807, 2.05) is 0 Å². The van der Waals surface area contributed by atoms with E-state index in [-0.39, 0.29) is 62.9 Å². The summed E-state index contributed by atoms with van der Waals surface area (Å²) in [5, 5.41) is 10.8. The van der Waals surface area contributed by atoms with Gasteiger partial charge in [-0.3, -0.25) is 24.0 Å². The van der Waals surface area contributed by atoms with E-state index in [2.05, 4.69) is 41.5 Å². The number of carbonyl (C=O) groups excluding carboxylic acids is 5. The van der Waals surface area contributed by atoms with Gasteiger partial charge in [0, 0.05) is 32.5 Å². The zero-order chi connectivity index (χ0) is 56.0. The van der Waals surface area contributed by atoms with Gasteiger partial charge in [-0.25, -0.2) is 0 Å². The van der Waals surface area contributed by atoms with E-state index in [9.17, 15) is 29.1 Å². The van der Waals surface area contributed by atoms with Gasteiger partial charge in [-0.2, -0.15) is 0 Å². The molecule has 0 heterocycles. The number of hydrogen-bond donors (Lipinski definition) is 1. The molecule has 0 aliphatic heterocycles. The highest BCUT2D eigenvalue weighted by molar-refractivity contribution is 5.73. The van der Waals surface area contributed by atoms with Gasteiger partial charge in [0.1, 0.15) is 19.8 Å². The summed E-state index contributed by atoms with van der Waals surface area (Å²) in [7, 11) is 0. The van der Waals surface area contributed by atoms with E-state index in [0.717, 1.165) is 141 Å². The summed E-state index contributed by atoms with van der Waals surface area (Å²) in [5.41, 5.74) is -1.37. The van der Waals surface area contributed by atoms with Crippen molar-refractivity contribution in [2.45, 2.75) is 305 Å². The molecule has 0 fully saturated rings. The number of aliphatic hydroxyl groups excluding tert-OH is 1. The molecule has 0 saturated heterocycles. The second-order valence-corrected chi connectivity index (χ2v) is 21.9. The average molecular weight is 1080 g/mol. The largest absolute Gasteiger partial charge is 0.465 e. The summed E-state index contributed by atoms with van der Waals surface area (Å²) in [5.74, 6) is -1.70. The van der Waals surface area contributed by atoms with Crippen LogP contribution < -0.4 is 0 Å². The summed E-state index contributed by atoms with van der Waals surface area (Å²) in [6.07, 6.45) is 36.1. The van der Waals surface area contributed by atoms with Crippen molar-refractivity contribution in [2.75, 3.05) is 52.9 Å². The molecule has 0 aliphatic carbocycles. The van der Waals surface area contributed by atoms with Crippen LogP contribution in [-0.4, -0.2) is 94.1 Å². The van der Waals surface area contributed by atoms with Crippen LogP contribution in [-0.2, 0) is 57.1 Å². The molecule has 448 valence electrons. The molecule has 0 spiro atoms. The number of aliphatic hydroxyl groups is 1. The summed E-state index contributed by atoms with van der Waals surface area (Å²) >= 11 is 0. The van der Waals surface area contributed by atoms with Crippen LogP contribution in [0.15, 0.2) is 0 Å². The molecule has 2 atom stereocenters. The lowest BCUT2D eigenvalue weighted by atomic mass is 9.92. The van der Waals surface area contributed by atoms with Gasteiger partial charge in [0.15, 0.2) is 6.29 Å². The molecule has 0 bridgehead atoms. The molecule has 0 radical (unpaired) electrons. The molecule has 0 aromatic rings. The van der Waals surface area contributed by atoms with Crippen molar-refractivity contribution in [2.24, 2.45) is 17.3 Å². The molecule has 0 amide bonds. The topological polar surface area (TPSA) is 170 Å². The van der Waals surface area contributed by atoms with Crippen LogP contribution in [0.3, 0.4) is 0 Å². The van der Waals surface area contributed by atoms with Crippen molar-refractivity contribution >= 4 is 29.8 Å². The standard InChI is InChI=1S/C63H118O13/c1-7-13-19-23-27-35-47-70-60(71-48-36-28-24-20-14-8-2)46-45-59(67)76-54-63(51-64,52-74-57(65)43-33-25-29-37-49-72-61(68)55(39-17-11-5)41-31-21-15-9-3)53-75-58(66)44-34-26-30-38-50-73-62(69)56(40-18-12-6)42-32-22-16-10-4/h55-56,60,64H,7-54H2,1-6H3. The fraction of sp³-hybridized carbons (Fsp3) is 0.921. The van der Waals surface area contributed by atoms with Gasteiger partial charge >= 0.3 is 29.8 Å². The molecular formula is C63H118O13. The third-order valence-corrected chi connectivity index (χ3v) is 14.5. The maximum Gasteiger partial charge on any atom is 0.308 e. The van der Waals surface area contributed by atoms with Crippen LogP contribution in [0.4, 0.5) is 0 Å². The monoisotopic (exact) mass is 1080 g/mol. The van der Waals surface area contributed by atoms with Gasteiger partial charge in [-0.1, -0.05) is 208 Å². The molecule has 1 N–H and O–H groups in total. The Bertz CT molecular complexity index is 1270. The van der Waals surface area contributed by atoms with Crippen LogP contribution in [0.1, 0.15) is 298 Å². The van der Waals surface area contributed by atoms with E-state index in [1.165, 1.54) is 64.2 Å². The van der Waals surface area contributed by atoms with Crippen molar-refractivity contribution in [3.8, 4) is 0 Å². The number of ether oxygens (including phenoxy) is 7. The number of carbonyl (C=O) groups is 5. The summed E-state index contributed by atoms with van der Waals surface area (Å²) in [4.78, 5) is 65.1. The first-order valence-electron chi connectivity index (χ1n) is 31.7.